The molecule has 160 valence electrons. The fraction of sp³-hybridized carbons (Fsp3) is 0.417. The lowest BCUT2D eigenvalue weighted by Gasteiger charge is -2.32. The first-order valence-corrected chi connectivity index (χ1v) is 10.5. The van der Waals surface area contributed by atoms with Crippen molar-refractivity contribution in [3.8, 4) is 5.75 Å². The summed E-state index contributed by atoms with van der Waals surface area (Å²) in [6, 6.07) is 11.9. The van der Waals surface area contributed by atoms with E-state index in [0.717, 1.165) is 46.8 Å². The Morgan fingerprint density at radius 3 is 2.37 bits per heavy atom. The van der Waals surface area contributed by atoms with Gasteiger partial charge in [0.1, 0.15) is 5.75 Å². The number of ether oxygens (including phenoxy) is 1. The van der Waals surface area contributed by atoms with E-state index in [-0.39, 0.29) is 11.8 Å². The fourth-order valence-electron chi connectivity index (χ4n) is 3.99. The third kappa shape index (κ3) is 5.39. The van der Waals surface area contributed by atoms with Crippen molar-refractivity contribution >= 4 is 17.5 Å². The largest absolute Gasteiger partial charge is 0.496 e. The van der Waals surface area contributed by atoms with E-state index in [1.165, 1.54) is 4.90 Å². The molecule has 30 heavy (non-hydrogen) atoms. The molecule has 3 rings (SSSR count). The van der Waals surface area contributed by atoms with Crippen LogP contribution < -0.4 is 15.0 Å². The Hall–Kier alpha value is -2.86. The van der Waals surface area contributed by atoms with E-state index in [1.807, 2.05) is 62.1 Å². The zero-order valence-corrected chi connectivity index (χ0v) is 18.4. The van der Waals surface area contributed by atoms with Crippen molar-refractivity contribution < 1.29 is 19.2 Å². The molecule has 0 aromatic heterocycles. The van der Waals surface area contributed by atoms with Crippen molar-refractivity contribution in [3.63, 3.8) is 0 Å². The third-order valence-electron chi connectivity index (χ3n) is 5.76. The van der Waals surface area contributed by atoms with Crippen LogP contribution >= 0.6 is 0 Å². The summed E-state index contributed by atoms with van der Waals surface area (Å²) in [6.07, 6.45) is 0.341. The lowest BCUT2D eigenvalue weighted by atomic mass is 10.1. The summed E-state index contributed by atoms with van der Waals surface area (Å²) in [4.78, 5) is 28.4. The summed E-state index contributed by atoms with van der Waals surface area (Å²) >= 11 is 0. The fourth-order valence-corrected chi connectivity index (χ4v) is 3.99. The van der Waals surface area contributed by atoms with Crippen LogP contribution in [0.3, 0.4) is 0 Å². The smallest absolute Gasteiger partial charge is 0.279 e. The first kappa shape index (κ1) is 21.8. The number of aryl methyl sites for hydroxylation is 3. The lowest BCUT2D eigenvalue weighted by Crippen LogP contribution is -3.15. The molecule has 1 aliphatic heterocycles. The summed E-state index contributed by atoms with van der Waals surface area (Å²) in [5.74, 6) is 0.881. The van der Waals surface area contributed by atoms with Crippen LogP contribution in [-0.2, 0) is 16.0 Å². The lowest BCUT2D eigenvalue weighted by molar-refractivity contribution is -0.895. The third-order valence-corrected chi connectivity index (χ3v) is 5.76. The molecule has 1 fully saturated rings. The molecule has 6 heteroatoms. The number of nitrogens with one attached hydrogen (secondary N) is 2. The summed E-state index contributed by atoms with van der Waals surface area (Å²) in [5.41, 5.74) is 5.08. The Morgan fingerprint density at radius 2 is 1.73 bits per heavy atom. The average molecular weight is 411 g/mol. The van der Waals surface area contributed by atoms with Gasteiger partial charge < -0.3 is 19.9 Å². The second-order valence-corrected chi connectivity index (χ2v) is 8.11. The highest BCUT2D eigenvalue weighted by Gasteiger charge is 2.26. The van der Waals surface area contributed by atoms with E-state index < -0.39 is 0 Å². The molecule has 0 atom stereocenters. The van der Waals surface area contributed by atoms with Gasteiger partial charge in [0.25, 0.3) is 5.91 Å². The van der Waals surface area contributed by atoms with Crippen molar-refractivity contribution in [3.05, 3.63) is 58.7 Å². The standard InChI is InChI=1S/C24H31N3O3/c1-17-8-9-21(30-4)20(14-17)15-23(29)27-12-10-26(11-13-27)16-22(28)25-24-18(2)6-5-7-19(24)3/h5-9,14H,10-13,15-16H2,1-4H3,(H,25,28)/p+1. The van der Waals surface area contributed by atoms with E-state index in [0.29, 0.717) is 26.1 Å². The minimum absolute atomic E-state index is 0.0201. The molecule has 0 aliphatic carbocycles. The molecular formula is C24H32N3O3+. The molecular weight excluding hydrogens is 378 g/mol. The summed E-state index contributed by atoms with van der Waals surface area (Å²) < 4.78 is 5.40. The first-order valence-electron chi connectivity index (χ1n) is 10.5. The average Bonchev–Trinajstić information content (AvgIpc) is 2.71. The van der Waals surface area contributed by atoms with E-state index in [4.69, 9.17) is 4.74 Å². The van der Waals surface area contributed by atoms with E-state index >= 15 is 0 Å². The molecule has 2 aromatic rings. The van der Waals surface area contributed by atoms with Gasteiger partial charge in [-0.15, -0.1) is 0 Å². The Balaban J connectivity index is 1.50. The number of piperazine rings is 1. The number of hydrogen-bond acceptors (Lipinski definition) is 3. The number of benzene rings is 2. The topological polar surface area (TPSA) is 63.1 Å². The number of hydrogen-bond donors (Lipinski definition) is 2. The number of amides is 2. The van der Waals surface area contributed by atoms with Crippen molar-refractivity contribution in [1.82, 2.24) is 4.90 Å². The van der Waals surface area contributed by atoms with Crippen molar-refractivity contribution in [1.29, 1.82) is 0 Å². The van der Waals surface area contributed by atoms with Crippen molar-refractivity contribution in [2.75, 3.05) is 45.2 Å². The monoisotopic (exact) mass is 410 g/mol. The Bertz CT molecular complexity index is 898. The summed E-state index contributed by atoms with van der Waals surface area (Å²) in [7, 11) is 1.63. The van der Waals surface area contributed by atoms with Gasteiger partial charge in [0.05, 0.1) is 39.7 Å². The molecule has 1 saturated heterocycles. The molecule has 6 nitrogen and oxygen atoms in total. The van der Waals surface area contributed by atoms with Crippen molar-refractivity contribution in [2.45, 2.75) is 27.2 Å². The molecule has 0 bridgehead atoms. The zero-order chi connectivity index (χ0) is 21.7. The highest BCUT2D eigenvalue weighted by atomic mass is 16.5. The quantitative estimate of drug-likeness (QED) is 0.759. The predicted octanol–water partition coefficient (Wildman–Crippen LogP) is 1.53. The summed E-state index contributed by atoms with van der Waals surface area (Å²) in [5, 5.41) is 3.06. The number of para-hydroxylation sites is 1. The van der Waals surface area contributed by atoms with Crippen LogP contribution in [0.25, 0.3) is 0 Å². The minimum atomic E-state index is 0.0201. The van der Waals surface area contributed by atoms with Crippen molar-refractivity contribution in [2.24, 2.45) is 0 Å². The molecule has 0 spiro atoms. The highest BCUT2D eigenvalue weighted by molar-refractivity contribution is 5.93. The molecule has 1 aliphatic rings. The SMILES string of the molecule is COc1ccc(C)cc1CC(=O)N1CC[NH+](CC(=O)Nc2c(C)cccc2C)CC1. The van der Waals surface area contributed by atoms with Crippen LogP contribution in [0.4, 0.5) is 5.69 Å². The molecule has 0 unspecified atom stereocenters. The number of nitrogens with zero attached hydrogens (tertiary/aromatic N) is 1. The van der Waals surface area contributed by atoms with Gasteiger partial charge in [-0.3, -0.25) is 9.59 Å². The number of anilines is 1. The van der Waals surface area contributed by atoms with Gasteiger partial charge in [0, 0.05) is 11.3 Å². The van der Waals surface area contributed by atoms with Gasteiger partial charge in [-0.1, -0.05) is 35.9 Å². The van der Waals surface area contributed by atoms with Gasteiger partial charge in [-0.25, -0.2) is 0 Å². The maximum Gasteiger partial charge on any atom is 0.279 e. The molecule has 2 aromatic carbocycles. The second-order valence-electron chi connectivity index (χ2n) is 8.11. The van der Waals surface area contributed by atoms with Crippen LogP contribution in [0.1, 0.15) is 22.3 Å². The van der Waals surface area contributed by atoms with Gasteiger partial charge in [0.15, 0.2) is 6.54 Å². The highest BCUT2D eigenvalue weighted by Crippen LogP contribution is 2.21. The molecule has 1 heterocycles. The van der Waals surface area contributed by atoms with Crippen LogP contribution in [0.15, 0.2) is 36.4 Å². The van der Waals surface area contributed by atoms with Crippen LogP contribution in [0, 0.1) is 20.8 Å². The zero-order valence-electron chi connectivity index (χ0n) is 18.4. The van der Waals surface area contributed by atoms with E-state index in [2.05, 4.69) is 5.32 Å². The normalized spacial score (nSPS) is 14.5. The number of carbonyl (C=O) groups excluding carboxylic acids is 2. The van der Waals surface area contributed by atoms with Gasteiger partial charge in [-0.05, 0) is 38.0 Å². The van der Waals surface area contributed by atoms with Gasteiger partial charge in [0.2, 0.25) is 5.91 Å². The molecule has 2 amide bonds. The Morgan fingerprint density at radius 1 is 1.07 bits per heavy atom. The number of quaternary nitrogens is 1. The minimum Gasteiger partial charge on any atom is -0.496 e. The van der Waals surface area contributed by atoms with E-state index in [1.54, 1.807) is 7.11 Å². The van der Waals surface area contributed by atoms with Crippen LogP contribution in [-0.4, -0.2) is 56.5 Å². The first-order chi connectivity index (χ1) is 14.4. The maximum atomic E-state index is 12.8. The predicted molar refractivity (Wildman–Crippen MR) is 118 cm³/mol. The number of methoxy groups -OCH3 is 1. The second kappa shape index (κ2) is 9.76. The number of rotatable bonds is 6. The van der Waals surface area contributed by atoms with Crippen LogP contribution in [0.5, 0.6) is 5.75 Å². The van der Waals surface area contributed by atoms with Crippen LogP contribution in [0.2, 0.25) is 0 Å². The van der Waals surface area contributed by atoms with Gasteiger partial charge in [-0.2, -0.15) is 0 Å². The maximum absolute atomic E-state index is 12.8. The Labute approximate surface area is 178 Å². The van der Waals surface area contributed by atoms with E-state index in [9.17, 15) is 9.59 Å². The number of carbonyl (C=O) groups is 2. The Kier molecular flexibility index (Phi) is 7.11. The molecule has 0 radical (unpaired) electrons. The molecule has 2 N–H and O–H groups in total. The molecule has 0 saturated carbocycles. The van der Waals surface area contributed by atoms with Gasteiger partial charge >= 0.3 is 0 Å². The summed E-state index contributed by atoms with van der Waals surface area (Å²) in [6.45, 7) is 9.32.